The van der Waals surface area contributed by atoms with Crippen LogP contribution in [0, 0.1) is 0 Å². The standard InChI is InChI=1S/C21H27N3O2/c1-26-19-8-6-7-17(15-19)11-12-22-20-10-9-18(16-23-20)21(25)24-13-4-2-3-5-14-24/h6-10,15-16H,2-5,11-14H2,1H3,(H,22,23). The van der Waals surface area contributed by atoms with Gasteiger partial charge in [-0.1, -0.05) is 25.0 Å². The number of carbonyl (C=O) groups excluding carboxylic acids is 1. The van der Waals surface area contributed by atoms with E-state index in [2.05, 4.69) is 16.4 Å². The molecule has 1 N–H and O–H groups in total. The Morgan fingerprint density at radius 1 is 1.15 bits per heavy atom. The summed E-state index contributed by atoms with van der Waals surface area (Å²) in [5.41, 5.74) is 1.88. The summed E-state index contributed by atoms with van der Waals surface area (Å²) in [7, 11) is 1.68. The molecule has 0 aliphatic carbocycles. The van der Waals surface area contributed by atoms with Crippen molar-refractivity contribution in [2.24, 2.45) is 0 Å². The summed E-state index contributed by atoms with van der Waals surface area (Å²) in [5.74, 6) is 1.76. The number of methoxy groups -OCH3 is 1. The van der Waals surface area contributed by atoms with E-state index in [4.69, 9.17) is 4.74 Å². The molecule has 2 aromatic rings. The minimum atomic E-state index is 0.0994. The third-order valence-corrected chi connectivity index (χ3v) is 4.76. The van der Waals surface area contributed by atoms with Crippen LogP contribution in [-0.4, -0.2) is 42.5 Å². The fourth-order valence-electron chi connectivity index (χ4n) is 3.24. The zero-order valence-corrected chi connectivity index (χ0v) is 15.4. The first-order valence-electron chi connectivity index (χ1n) is 9.38. The number of hydrogen-bond donors (Lipinski definition) is 1. The number of benzene rings is 1. The van der Waals surface area contributed by atoms with Gasteiger partial charge in [0, 0.05) is 25.8 Å². The number of nitrogens with one attached hydrogen (secondary N) is 1. The van der Waals surface area contributed by atoms with E-state index in [9.17, 15) is 4.79 Å². The van der Waals surface area contributed by atoms with Gasteiger partial charge in [0.1, 0.15) is 11.6 Å². The lowest BCUT2D eigenvalue weighted by atomic mass is 10.1. The number of pyridine rings is 1. The molecule has 1 amide bonds. The molecule has 1 aromatic heterocycles. The lowest BCUT2D eigenvalue weighted by Crippen LogP contribution is -2.31. The van der Waals surface area contributed by atoms with Gasteiger partial charge in [-0.25, -0.2) is 4.98 Å². The van der Waals surface area contributed by atoms with Gasteiger partial charge in [-0.2, -0.15) is 0 Å². The van der Waals surface area contributed by atoms with Crippen LogP contribution in [0.3, 0.4) is 0 Å². The maximum atomic E-state index is 12.6. The van der Waals surface area contributed by atoms with Crippen LogP contribution in [0.2, 0.25) is 0 Å². The van der Waals surface area contributed by atoms with Gasteiger partial charge in [0.25, 0.3) is 5.91 Å². The largest absolute Gasteiger partial charge is 0.497 e. The number of nitrogens with zero attached hydrogens (tertiary/aromatic N) is 2. The van der Waals surface area contributed by atoms with Crippen molar-refractivity contribution in [1.82, 2.24) is 9.88 Å². The predicted molar refractivity (Wildman–Crippen MR) is 104 cm³/mol. The summed E-state index contributed by atoms with van der Waals surface area (Å²) < 4.78 is 5.24. The Kier molecular flexibility index (Phi) is 6.47. The summed E-state index contributed by atoms with van der Waals surface area (Å²) in [6.45, 7) is 2.50. The number of aromatic nitrogens is 1. The minimum absolute atomic E-state index is 0.0994. The molecule has 0 atom stereocenters. The second-order valence-electron chi connectivity index (χ2n) is 6.67. The normalized spacial score (nSPS) is 14.6. The number of rotatable bonds is 6. The van der Waals surface area contributed by atoms with E-state index in [1.807, 2.05) is 35.2 Å². The van der Waals surface area contributed by atoms with E-state index >= 15 is 0 Å². The Bertz CT molecular complexity index is 707. The molecule has 1 aliphatic rings. The quantitative estimate of drug-likeness (QED) is 0.859. The second-order valence-corrected chi connectivity index (χ2v) is 6.67. The van der Waals surface area contributed by atoms with Crippen LogP contribution < -0.4 is 10.1 Å². The maximum absolute atomic E-state index is 12.6. The number of carbonyl (C=O) groups is 1. The summed E-state index contributed by atoms with van der Waals surface area (Å²) in [5, 5.41) is 3.31. The first-order chi connectivity index (χ1) is 12.8. The van der Waals surface area contributed by atoms with Gasteiger partial charge in [-0.15, -0.1) is 0 Å². The molecule has 3 rings (SSSR count). The van der Waals surface area contributed by atoms with E-state index in [1.165, 1.54) is 18.4 Å². The highest BCUT2D eigenvalue weighted by Gasteiger charge is 2.17. The molecule has 1 fully saturated rings. The molecule has 1 aromatic carbocycles. The van der Waals surface area contributed by atoms with Gasteiger partial charge in [0.2, 0.25) is 0 Å². The average molecular weight is 353 g/mol. The van der Waals surface area contributed by atoms with Crippen LogP contribution in [0.5, 0.6) is 5.75 Å². The van der Waals surface area contributed by atoms with Crippen molar-refractivity contribution in [3.05, 3.63) is 53.7 Å². The van der Waals surface area contributed by atoms with Crippen LogP contribution in [0.4, 0.5) is 5.82 Å². The van der Waals surface area contributed by atoms with Crippen molar-refractivity contribution in [2.75, 3.05) is 32.1 Å². The fraction of sp³-hybridized carbons (Fsp3) is 0.429. The average Bonchev–Trinajstić information content (AvgIpc) is 2.98. The highest BCUT2D eigenvalue weighted by atomic mass is 16.5. The number of anilines is 1. The molecular weight excluding hydrogens is 326 g/mol. The van der Waals surface area contributed by atoms with Gasteiger partial charge in [-0.3, -0.25) is 4.79 Å². The van der Waals surface area contributed by atoms with Crippen molar-refractivity contribution < 1.29 is 9.53 Å². The van der Waals surface area contributed by atoms with Crippen molar-refractivity contribution >= 4 is 11.7 Å². The number of hydrogen-bond acceptors (Lipinski definition) is 4. The Labute approximate surface area is 155 Å². The summed E-state index contributed by atoms with van der Waals surface area (Å²) in [4.78, 5) is 18.9. The third-order valence-electron chi connectivity index (χ3n) is 4.76. The number of amides is 1. The minimum Gasteiger partial charge on any atom is -0.497 e. The summed E-state index contributed by atoms with van der Waals surface area (Å²) >= 11 is 0. The van der Waals surface area contributed by atoms with Gasteiger partial charge in [0.05, 0.1) is 12.7 Å². The first-order valence-corrected chi connectivity index (χ1v) is 9.38. The topological polar surface area (TPSA) is 54.5 Å². The Hall–Kier alpha value is -2.56. The van der Waals surface area contributed by atoms with Crippen molar-refractivity contribution in [2.45, 2.75) is 32.1 Å². The molecular formula is C21H27N3O2. The summed E-state index contributed by atoms with van der Waals surface area (Å²) in [6, 6.07) is 11.8. The zero-order chi connectivity index (χ0) is 18.2. The molecule has 0 saturated carbocycles. The molecule has 1 saturated heterocycles. The molecule has 5 heteroatoms. The smallest absolute Gasteiger partial charge is 0.255 e. The highest BCUT2D eigenvalue weighted by Crippen LogP contribution is 2.15. The lowest BCUT2D eigenvalue weighted by Gasteiger charge is -2.20. The molecule has 2 heterocycles. The zero-order valence-electron chi connectivity index (χ0n) is 15.4. The van der Waals surface area contributed by atoms with Gasteiger partial charge in [0.15, 0.2) is 0 Å². The Morgan fingerprint density at radius 2 is 1.96 bits per heavy atom. The molecule has 0 unspecified atom stereocenters. The molecule has 0 bridgehead atoms. The molecule has 1 aliphatic heterocycles. The van der Waals surface area contributed by atoms with Crippen molar-refractivity contribution in [3.63, 3.8) is 0 Å². The lowest BCUT2D eigenvalue weighted by molar-refractivity contribution is 0.0761. The second kappa shape index (κ2) is 9.22. The van der Waals surface area contributed by atoms with Crippen LogP contribution in [0.15, 0.2) is 42.6 Å². The fourth-order valence-corrected chi connectivity index (χ4v) is 3.24. The van der Waals surface area contributed by atoms with Crippen LogP contribution in [0.25, 0.3) is 0 Å². The van der Waals surface area contributed by atoms with Gasteiger partial charge in [-0.05, 0) is 49.1 Å². The van der Waals surface area contributed by atoms with Crippen LogP contribution in [0.1, 0.15) is 41.6 Å². The molecule has 0 radical (unpaired) electrons. The Balaban J connectivity index is 1.51. The van der Waals surface area contributed by atoms with E-state index < -0.39 is 0 Å². The first kappa shape index (κ1) is 18.2. The molecule has 138 valence electrons. The summed E-state index contributed by atoms with van der Waals surface area (Å²) in [6.07, 6.45) is 7.21. The predicted octanol–water partition coefficient (Wildman–Crippen LogP) is 3.76. The van der Waals surface area contributed by atoms with Gasteiger partial charge >= 0.3 is 0 Å². The highest BCUT2D eigenvalue weighted by molar-refractivity contribution is 5.94. The third kappa shape index (κ3) is 4.97. The van der Waals surface area contributed by atoms with E-state index in [0.717, 1.165) is 50.5 Å². The van der Waals surface area contributed by atoms with Crippen LogP contribution in [-0.2, 0) is 6.42 Å². The van der Waals surface area contributed by atoms with E-state index in [-0.39, 0.29) is 5.91 Å². The molecule has 5 nitrogen and oxygen atoms in total. The number of ether oxygens (including phenoxy) is 1. The molecule has 0 spiro atoms. The monoisotopic (exact) mass is 353 g/mol. The van der Waals surface area contributed by atoms with Crippen molar-refractivity contribution in [3.8, 4) is 5.75 Å². The molecule has 26 heavy (non-hydrogen) atoms. The maximum Gasteiger partial charge on any atom is 0.255 e. The van der Waals surface area contributed by atoms with E-state index in [1.54, 1.807) is 13.3 Å². The van der Waals surface area contributed by atoms with E-state index in [0.29, 0.717) is 5.56 Å². The van der Waals surface area contributed by atoms with Crippen LogP contribution >= 0.6 is 0 Å². The van der Waals surface area contributed by atoms with Gasteiger partial charge < -0.3 is 15.0 Å². The Morgan fingerprint density at radius 3 is 2.65 bits per heavy atom. The SMILES string of the molecule is COc1cccc(CCNc2ccc(C(=O)N3CCCCCC3)cn2)c1. The number of likely N-dealkylation sites (tertiary alicyclic amines) is 1. The van der Waals surface area contributed by atoms with Crippen molar-refractivity contribution in [1.29, 1.82) is 0 Å².